The van der Waals surface area contributed by atoms with Crippen LogP contribution in [0.4, 0.5) is 4.79 Å². The fourth-order valence-electron chi connectivity index (χ4n) is 2.91. The predicted octanol–water partition coefficient (Wildman–Crippen LogP) is 2.44. The van der Waals surface area contributed by atoms with Gasteiger partial charge >= 0.3 is 6.03 Å². The number of urea groups is 1. The third kappa shape index (κ3) is 4.84. The molecule has 0 radical (unpaired) electrons. The zero-order chi connectivity index (χ0) is 12.6. The molecule has 2 fully saturated rings. The molecule has 4 heteroatoms. The zero-order valence-corrected chi connectivity index (χ0v) is 11.2. The summed E-state index contributed by atoms with van der Waals surface area (Å²) in [7, 11) is 0. The van der Waals surface area contributed by atoms with Crippen molar-refractivity contribution in [3.63, 3.8) is 0 Å². The van der Waals surface area contributed by atoms with Crippen molar-refractivity contribution in [3.05, 3.63) is 0 Å². The number of carbonyl (C=O) groups excluding carboxylic acids is 1. The van der Waals surface area contributed by atoms with Crippen LogP contribution >= 0.6 is 0 Å². The van der Waals surface area contributed by atoms with E-state index < -0.39 is 0 Å². The molecule has 2 amide bonds. The van der Waals surface area contributed by atoms with E-state index in [0.717, 1.165) is 57.8 Å². The van der Waals surface area contributed by atoms with E-state index in [1.165, 1.54) is 19.3 Å². The van der Waals surface area contributed by atoms with Gasteiger partial charge in [-0.25, -0.2) is 4.79 Å². The van der Waals surface area contributed by atoms with Gasteiger partial charge in [-0.3, -0.25) is 0 Å². The van der Waals surface area contributed by atoms with Gasteiger partial charge in [0.25, 0.3) is 0 Å². The van der Waals surface area contributed by atoms with Crippen molar-refractivity contribution >= 4 is 6.03 Å². The van der Waals surface area contributed by atoms with Crippen LogP contribution in [0.1, 0.15) is 51.4 Å². The molecule has 0 bridgehead atoms. The van der Waals surface area contributed by atoms with Crippen LogP contribution in [0.15, 0.2) is 0 Å². The van der Waals surface area contributed by atoms with Gasteiger partial charge in [0.1, 0.15) is 0 Å². The molecule has 0 aromatic rings. The van der Waals surface area contributed by atoms with Gasteiger partial charge in [0, 0.05) is 25.8 Å². The highest BCUT2D eigenvalue weighted by Gasteiger charge is 2.16. The summed E-state index contributed by atoms with van der Waals surface area (Å²) in [5.41, 5.74) is 0. The molecule has 2 N–H and O–H groups in total. The predicted molar refractivity (Wildman–Crippen MR) is 71.6 cm³/mol. The molecule has 104 valence electrons. The van der Waals surface area contributed by atoms with Gasteiger partial charge in [-0.1, -0.05) is 19.3 Å². The van der Waals surface area contributed by atoms with Crippen molar-refractivity contribution in [2.75, 3.05) is 19.8 Å². The molecule has 1 aliphatic carbocycles. The summed E-state index contributed by atoms with van der Waals surface area (Å²) in [6.45, 7) is 2.57. The molecule has 2 aliphatic rings. The summed E-state index contributed by atoms with van der Waals surface area (Å²) < 4.78 is 5.33. The Morgan fingerprint density at radius 1 is 1.06 bits per heavy atom. The van der Waals surface area contributed by atoms with Crippen molar-refractivity contribution in [2.45, 2.75) is 57.4 Å². The number of hydrogen-bond donors (Lipinski definition) is 2. The number of carbonyl (C=O) groups is 1. The van der Waals surface area contributed by atoms with Crippen molar-refractivity contribution in [2.24, 2.45) is 5.92 Å². The van der Waals surface area contributed by atoms with Gasteiger partial charge in [0.2, 0.25) is 0 Å². The molecule has 0 aromatic heterocycles. The maximum Gasteiger partial charge on any atom is 0.315 e. The molecule has 1 heterocycles. The lowest BCUT2D eigenvalue weighted by Gasteiger charge is -2.24. The molecule has 1 saturated heterocycles. The van der Waals surface area contributed by atoms with E-state index in [2.05, 4.69) is 10.6 Å². The summed E-state index contributed by atoms with van der Waals surface area (Å²) in [4.78, 5) is 11.7. The highest BCUT2D eigenvalue weighted by Crippen LogP contribution is 2.18. The highest BCUT2D eigenvalue weighted by atomic mass is 16.5. The van der Waals surface area contributed by atoms with Crippen molar-refractivity contribution in [3.8, 4) is 0 Å². The second-order valence-corrected chi connectivity index (χ2v) is 5.58. The van der Waals surface area contributed by atoms with Crippen LogP contribution in [0, 0.1) is 5.92 Å². The third-order valence-electron chi connectivity index (χ3n) is 4.12. The molecule has 0 aromatic carbocycles. The molecule has 2 rings (SSSR count). The van der Waals surface area contributed by atoms with Crippen molar-refractivity contribution in [1.82, 2.24) is 10.6 Å². The minimum Gasteiger partial charge on any atom is -0.381 e. The Bertz CT molecular complexity index is 246. The first-order chi connectivity index (χ1) is 8.84. The average molecular weight is 254 g/mol. The molecule has 1 saturated carbocycles. The van der Waals surface area contributed by atoms with Gasteiger partial charge < -0.3 is 15.4 Å². The van der Waals surface area contributed by atoms with Crippen LogP contribution < -0.4 is 10.6 Å². The molecule has 0 atom stereocenters. The van der Waals surface area contributed by atoms with Gasteiger partial charge in [0.15, 0.2) is 0 Å². The Kier molecular flexibility index (Phi) is 5.78. The van der Waals surface area contributed by atoms with Gasteiger partial charge in [-0.2, -0.15) is 0 Å². The minimum absolute atomic E-state index is 0.0222. The minimum atomic E-state index is 0.0222. The van der Waals surface area contributed by atoms with Crippen molar-refractivity contribution < 1.29 is 9.53 Å². The Morgan fingerprint density at radius 2 is 1.78 bits per heavy atom. The van der Waals surface area contributed by atoms with E-state index in [-0.39, 0.29) is 6.03 Å². The van der Waals surface area contributed by atoms with Crippen LogP contribution in [0.3, 0.4) is 0 Å². The largest absolute Gasteiger partial charge is 0.381 e. The Hall–Kier alpha value is -0.770. The van der Waals surface area contributed by atoms with Crippen LogP contribution in [-0.2, 0) is 4.74 Å². The standard InChI is InChI=1S/C14H26N2O2/c17-14(16-13-4-2-1-3-5-13)15-9-6-12-7-10-18-11-8-12/h12-13H,1-11H2,(H2,15,16,17). The normalized spacial score (nSPS) is 22.7. The molecular formula is C14H26N2O2. The van der Waals surface area contributed by atoms with Crippen LogP contribution in [0.2, 0.25) is 0 Å². The first-order valence-corrected chi connectivity index (χ1v) is 7.46. The lowest BCUT2D eigenvalue weighted by Crippen LogP contribution is -2.43. The Labute approximate surface area is 110 Å². The van der Waals surface area contributed by atoms with Crippen molar-refractivity contribution in [1.29, 1.82) is 0 Å². The van der Waals surface area contributed by atoms with E-state index in [9.17, 15) is 4.79 Å². The number of ether oxygens (including phenoxy) is 1. The number of hydrogen-bond acceptors (Lipinski definition) is 2. The average Bonchev–Trinajstić information content (AvgIpc) is 2.41. The maximum absolute atomic E-state index is 11.7. The lowest BCUT2D eigenvalue weighted by molar-refractivity contribution is 0.0641. The summed E-state index contributed by atoms with van der Waals surface area (Å²) in [5, 5.41) is 6.07. The van der Waals surface area contributed by atoms with Gasteiger partial charge in [-0.15, -0.1) is 0 Å². The monoisotopic (exact) mass is 254 g/mol. The van der Waals surface area contributed by atoms with E-state index in [4.69, 9.17) is 4.74 Å². The van der Waals surface area contributed by atoms with Crippen LogP contribution in [-0.4, -0.2) is 31.8 Å². The fourth-order valence-corrected chi connectivity index (χ4v) is 2.91. The smallest absolute Gasteiger partial charge is 0.315 e. The third-order valence-corrected chi connectivity index (χ3v) is 4.12. The molecular weight excluding hydrogens is 228 g/mol. The molecule has 4 nitrogen and oxygen atoms in total. The second-order valence-electron chi connectivity index (χ2n) is 5.58. The topological polar surface area (TPSA) is 50.4 Å². The molecule has 18 heavy (non-hydrogen) atoms. The summed E-state index contributed by atoms with van der Waals surface area (Å²) in [5.74, 6) is 0.730. The molecule has 0 spiro atoms. The SMILES string of the molecule is O=C(NCCC1CCOCC1)NC1CCCCC1. The number of nitrogens with one attached hydrogen (secondary N) is 2. The highest BCUT2D eigenvalue weighted by molar-refractivity contribution is 5.74. The number of rotatable bonds is 4. The summed E-state index contributed by atoms with van der Waals surface area (Å²) >= 11 is 0. The Morgan fingerprint density at radius 3 is 2.50 bits per heavy atom. The van der Waals surface area contributed by atoms with E-state index in [0.29, 0.717) is 6.04 Å². The van der Waals surface area contributed by atoms with Crippen LogP contribution in [0.5, 0.6) is 0 Å². The number of amides is 2. The summed E-state index contributed by atoms with van der Waals surface area (Å²) in [6.07, 6.45) is 9.50. The molecule has 1 aliphatic heterocycles. The second kappa shape index (κ2) is 7.62. The molecule has 0 unspecified atom stereocenters. The fraction of sp³-hybridized carbons (Fsp3) is 0.929. The van der Waals surface area contributed by atoms with E-state index in [1.54, 1.807) is 0 Å². The maximum atomic E-state index is 11.7. The lowest BCUT2D eigenvalue weighted by atomic mass is 9.95. The first kappa shape index (κ1) is 13.7. The van der Waals surface area contributed by atoms with Gasteiger partial charge in [-0.05, 0) is 38.0 Å². The zero-order valence-electron chi connectivity index (χ0n) is 11.2. The quantitative estimate of drug-likeness (QED) is 0.809. The summed E-state index contributed by atoms with van der Waals surface area (Å²) in [6, 6.07) is 0.427. The van der Waals surface area contributed by atoms with Crippen LogP contribution in [0.25, 0.3) is 0 Å². The van der Waals surface area contributed by atoms with Gasteiger partial charge in [0.05, 0.1) is 0 Å². The van der Waals surface area contributed by atoms with E-state index in [1.807, 2.05) is 0 Å². The Balaban J connectivity index is 1.53. The first-order valence-electron chi connectivity index (χ1n) is 7.46. The van der Waals surface area contributed by atoms with E-state index >= 15 is 0 Å².